The van der Waals surface area contributed by atoms with Crippen LogP contribution >= 0.6 is 24.8 Å². The van der Waals surface area contributed by atoms with Gasteiger partial charge < -0.3 is 10.2 Å². The van der Waals surface area contributed by atoms with Crippen molar-refractivity contribution in [3.63, 3.8) is 0 Å². The second-order valence-corrected chi connectivity index (χ2v) is 7.05. The van der Waals surface area contributed by atoms with Gasteiger partial charge in [0.05, 0.1) is 0 Å². The van der Waals surface area contributed by atoms with E-state index in [2.05, 4.69) is 6.92 Å². The van der Waals surface area contributed by atoms with Gasteiger partial charge in [-0.15, -0.1) is 24.8 Å². The fourth-order valence-corrected chi connectivity index (χ4v) is 3.17. The first kappa shape index (κ1) is 30.3. The van der Waals surface area contributed by atoms with Gasteiger partial charge in [0.25, 0.3) is 0 Å². The van der Waals surface area contributed by atoms with Crippen LogP contribution in [0.1, 0.15) is 110 Å². The standard InChI is InChI=1S/C20H38O4.2ClH/c1-2-18(17-20(23)24)15-13-11-9-7-5-3-4-6-8-10-12-14-16-19(21)22;;/h18H,2-17H2,1H3,(H,21,22)(H,23,24);2*1H. The number of unbranched alkanes of at least 4 members (excludes halogenated alkanes) is 11. The van der Waals surface area contributed by atoms with E-state index in [1.807, 2.05) is 0 Å². The van der Waals surface area contributed by atoms with E-state index in [0.29, 0.717) is 18.8 Å². The molecule has 4 nitrogen and oxygen atoms in total. The molecular formula is C20H40Cl2O4. The fraction of sp³-hybridized carbons (Fsp3) is 0.900. The third-order valence-corrected chi connectivity index (χ3v) is 4.79. The predicted octanol–water partition coefficient (Wildman–Crippen LogP) is 6.88. The van der Waals surface area contributed by atoms with Crippen LogP contribution in [0.5, 0.6) is 0 Å². The third-order valence-electron chi connectivity index (χ3n) is 4.79. The third kappa shape index (κ3) is 23.5. The van der Waals surface area contributed by atoms with Crippen molar-refractivity contribution in [1.82, 2.24) is 0 Å². The smallest absolute Gasteiger partial charge is 0.303 e. The number of hydrogen-bond donors (Lipinski definition) is 2. The van der Waals surface area contributed by atoms with Crippen LogP contribution in [-0.4, -0.2) is 22.2 Å². The minimum atomic E-state index is -0.679. The Kier molecular flexibility index (Phi) is 26.3. The van der Waals surface area contributed by atoms with Gasteiger partial charge in [-0.1, -0.05) is 84.0 Å². The molecule has 0 aromatic carbocycles. The van der Waals surface area contributed by atoms with Gasteiger partial charge in [0.1, 0.15) is 0 Å². The van der Waals surface area contributed by atoms with E-state index in [4.69, 9.17) is 10.2 Å². The lowest BCUT2D eigenvalue weighted by Gasteiger charge is -2.11. The highest BCUT2D eigenvalue weighted by atomic mass is 35.5. The van der Waals surface area contributed by atoms with Crippen molar-refractivity contribution in [1.29, 1.82) is 0 Å². The van der Waals surface area contributed by atoms with Crippen LogP contribution in [0.25, 0.3) is 0 Å². The highest BCUT2D eigenvalue weighted by Gasteiger charge is 2.10. The summed E-state index contributed by atoms with van der Waals surface area (Å²) in [7, 11) is 0. The number of carbonyl (C=O) groups is 2. The zero-order valence-corrected chi connectivity index (χ0v) is 18.1. The van der Waals surface area contributed by atoms with E-state index in [-0.39, 0.29) is 24.8 Å². The molecule has 1 atom stereocenters. The van der Waals surface area contributed by atoms with Crippen molar-refractivity contribution in [3.05, 3.63) is 0 Å². The van der Waals surface area contributed by atoms with Crippen molar-refractivity contribution in [2.24, 2.45) is 5.92 Å². The molecule has 0 aliphatic carbocycles. The zero-order valence-electron chi connectivity index (χ0n) is 16.4. The summed E-state index contributed by atoms with van der Waals surface area (Å²) < 4.78 is 0. The summed E-state index contributed by atoms with van der Waals surface area (Å²) in [5, 5.41) is 17.4. The molecule has 0 aromatic rings. The van der Waals surface area contributed by atoms with E-state index in [9.17, 15) is 9.59 Å². The summed E-state index contributed by atoms with van der Waals surface area (Å²) in [5.41, 5.74) is 0. The van der Waals surface area contributed by atoms with Crippen molar-refractivity contribution >= 4 is 36.8 Å². The van der Waals surface area contributed by atoms with Crippen molar-refractivity contribution in [3.8, 4) is 0 Å². The molecule has 0 aromatic heterocycles. The number of hydrogen-bond acceptors (Lipinski definition) is 2. The first-order chi connectivity index (χ1) is 11.6. The van der Waals surface area contributed by atoms with Gasteiger partial charge in [-0.05, 0) is 18.8 Å². The molecule has 0 bridgehead atoms. The van der Waals surface area contributed by atoms with E-state index in [0.717, 1.165) is 25.7 Å². The first-order valence-electron chi connectivity index (χ1n) is 9.99. The van der Waals surface area contributed by atoms with Gasteiger partial charge >= 0.3 is 11.9 Å². The minimum Gasteiger partial charge on any atom is -0.481 e. The Hall–Kier alpha value is -0.480. The molecule has 0 fully saturated rings. The van der Waals surface area contributed by atoms with Crippen LogP contribution in [0.3, 0.4) is 0 Å². The van der Waals surface area contributed by atoms with Crippen LogP contribution in [0, 0.1) is 5.92 Å². The van der Waals surface area contributed by atoms with Crippen molar-refractivity contribution < 1.29 is 19.8 Å². The lowest BCUT2D eigenvalue weighted by molar-refractivity contribution is -0.138. The quantitative estimate of drug-likeness (QED) is 0.239. The molecule has 0 spiro atoms. The van der Waals surface area contributed by atoms with Gasteiger partial charge in [-0.3, -0.25) is 9.59 Å². The molecule has 0 aliphatic heterocycles. The number of carboxylic acid groups (broad SMARTS) is 2. The molecule has 6 heteroatoms. The molecule has 0 radical (unpaired) electrons. The summed E-state index contributed by atoms with van der Waals surface area (Å²) >= 11 is 0. The Morgan fingerprint density at radius 2 is 1.04 bits per heavy atom. The summed E-state index contributed by atoms with van der Waals surface area (Å²) in [5.74, 6) is -0.983. The minimum absolute atomic E-state index is 0. The molecular weight excluding hydrogens is 375 g/mol. The molecule has 0 aliphatic rings. The Morgan fingerprint density at radius 3 is 1.38 bits per heavy atom. The van der Waals surface area contributed by atoms with Crippen LogP contribution in [-0.2, 0) is 9.59 Å². The summed E-state index contributed by atoms with van der Waals surface area (Å²) in [6.07, 6.45) is 17.1. The lowest BCUT2D eigenvalue weighted by Crippen LogP contribution is -2.06. The zero-order chi connectivity index (χ0) is 18.0. The number of halogens is 2. The maximum Gasteiger partial charge on any atom is 0.303 e. The number of aliphatic carboxylic acids is 2. The molecule has 158 valence electrons. The molecule has 26 heavy (non-hydrogen) atoms. The monoisotopic (exact) mass is 414 g/mol. The molecule has 1 unspecified atom stereocenters. The van der Waals surface area contributed by atoms with Crippen LogP contribution in [0.15, 0.2) is 0 Å². The lowest BCUT2D eigenvalue weighted by atomic mass is 9.95. The molecule has 0 heterocycles. The van der Waals surface area contributed by atoms with E-state index < -0.39 is 11.9 Å². The second-order valence-electron chi connectivity index (χ2n) is 7.05. The van der Waals surface area contributed by atoms with Crippen LogP contribution < -0.4 is 0 Å². The van der Waals surface area contributed by atoms with E-state index in [1.54, 1.807) is 0 Å². The maximum atomic E-state index is 10.7. The highest BCUT2D eigenvalue weighted by molar-refractivity contribution is 5.85. The molecule has 0 rings (SSSR count). The summed E-state index contributed by atoms with van der Waals surface area (Å²) in [4.78, 5) is 21.1. The van der Waals surface area contributed by atoms with Gasteiger partial charge in [0.2, 0.25) is 0 Å². The molecule has 0 saturated heterocycles. The average Bonchev–Trinajstić information content (AvgIpc) is 2.53. The average molecular weight is 415 g/mol. The molecule has 0 saturated carbocycles. The Bertz CT molecular complexity index is 325. The highest BCUT2D eigenvalue weighted by Crippen LogP contribution is 2.18. The molecule has 0 amide bonds. The van der Waals surface area contributed by atoms with Crippen LogP contribution in [0.4, 0.5) is 0 Å². The largest absolute Gasteiger partial charge is 0.481 e. The maximum absolute atomic E-state index is 10.7. The number of carboxylic acids is 2. The van der Waals surface area contributed by atoms with Gasteiger partial charge in [-0.25, -0.2) is 0 Å². The Morgan fingerprint density at radius 1 is 0.654 bits per heavy atom. The normalized spacial score (nSPS) is 11.3. The van der Waals surface area contributed by atoms with Gasteiger partial charge in [0, 0.05) is 12.8 Å². The summed E-state index contributed by atoms with van der Waals surface area (Å²) in [6, 6.07) is 0. The van der Waals surface area contributed by atoms with Crippen molar-refractivity contribution in [2.75, 3.05) is 0 Å². The van der Waals surface area contributed by atoms with Gasteiger partial charge in [0.15, 0.2) is 0 Å². The fourth-order valence-electron chi connectivity index (χ4n) is 3.17. The topological polar surface area (TPSA) is 74.6 Å². The second kappa shape index (κ2) is 22.6. The summed E-state index contributed by atoms with van der Waals surface area (Å²) in [6.45, 7) is 2.08. The Balaban J connectivity index is -0.00000264. The van der Waals surface area contributed by atoms with Crippen molar-refractivity contribution in [2.45, 2.75) is 110 Å². The SMILES string of the molecule is CCC(CCCCCCCCCCCCCCC(=O)O)CC(=O)O.Cl.Cl. The Labute approximate surface area is 172 Å². The molecule has 2 N–H and O–H groups in total. The van der Waals surface area contributed by atoms with E-state index >= 15 is 0 Å². The predicted molar refractivity (Wildman–Crippen MR) is 113 cm³/mol. The van der Waals surface area contributed by atoms with E-state index in [1.165, 1.54) is 64.2 Å². The first-order valence-corrected chi connectivity index (χ1v) is 9.99. The van der Waals surface area contributed by atoms with Crippen LogP contribution in [0.2, 0.25) is 0 Å². The number of rotatable bonds is 18. The van der Waals surface area contributed by atoms with Gasteiger partial charge in [-0.2, -0.15) is 0 Å².